The molecule has 3 heteroatoms. The van der Waals surface area contributed by atoms with Crippen molar-refractivity contribution in [1.82, 2.24) is 9.97 Å². The van der Waals surface area contributed by atoms with E-state index < -0.39 is 0 Å². The number of alkyl halides is 1. The minimum Gasteiger partial charge on any atom is -0.364 e. The summed E-state index contributed by atoms with van der Waals surface area (Å²) in [6, 6.07) is 8.50. The Balaban J connectivity index is 1.99. The second kappa shape index (κ2) is 6.70. The molecule has 0 bridgehead atoms. The molecule has 0 atom stereocenters. The van der Waals surface area contributed by atoms with Gasteiger partial charge >= 0.3 is 0 Å². The molecule has 0 aliphatic heterocycles. The molecule has 0 saturated heterocycles. The summed E-state index contributed by atoms with van der Waals surface area (Å²) < 4.78 is 0. The van der Waals surface area contributed by atoms with Crippen molar-refractivity contribution >= 4 is 15.9 Å². The van der Waals surface area contributed by atoms with Crippen molar-refractivity contribution in [2.45, 2.75) is 31.6 Å². The molecule has 92 valence electrons. The predicted molar refractivity (Wildman–Crippen MR) is 75.7 cm³/mol. The van der Waals surface area contributed by atoms with Crippen molar-refractivity contribution in [3.05, 3.63) is 48.0 Å². The molecule has 2 nitrogen and oxygen atoms in total. The van der Waals surface area contributed by atoms with Gasteiger partial charge in [0.05, 0.1) is 0 Å². The monoisotopic (exact) mass is 294 g/mol. The Morgan fingerprint density at radius 3 is 2.06 bits per heavy atom. The van der Waals surface area contributed by atoms with Crippen LogP contribution in [-0.2, 0) is 0 Å². The molecule has 0 aliphatic carbocycles. The first-order valence-corrected chi connectivity index (χ1v) is 7.36. The highest BCUT2D eigenvalue weighted by Crippen LogP contribution is 2.27. The van der Waals surface area contributed by atoms with Gasteiger partial charge < -0.3 is 9.97 Å². The van der Waals surface area contributed by atoms with Gasteiger partial charge in [0.25, 0.3) is 0 Å². The minimum atomic E-state index is 0.482. The number of aromatic amines is 2. The molecule has 0 spiro atoms. The lowest BCUT2D eigenvalue weighted by atomic mass is 9.95. The summed E-state index contributed by atoms with van der Waals surface area (Å²) in [5, 5.41) is 1.11. The summed E-state index contributed by atoms with van der Waals surface area (Å²) >= 11 is 3.48. The molecule has 2 aromatic rings. The van der Waals surface area contributed by atoms with Gasteiger partial charge in [-0.1, -0.05) is 28.8 Å². The van der Waals surface area contributed by atoms with E-state index in [0.29, 0.717) is 5.92 Å². The standard InChI is InChI=1S/C14H19BrN2/c15-9-3-1-2-6-12(13-7-4-10-16-13)14-8-5-11-17-14/h4-5,7-8,10-12,16-17H,1-3,6,9H2. The number of hydrogen-bond acceptors (Lipinski definition) is 0. The van der Waals surface area contributed by atoms with Crippen LogP contribution in [0.1, 0.15) is 43.0 Å². The third-order valence-corrected chi connectivity index (χ3v) is 3.68. The first-order valence-electron chi connectivity index (χ1n) is 6.24. The molecule has 0 saturated carbocycles. The number of aromatic nitrogens is 2. The van der Waals surface area contributed by atoms with E-state index in [1.807, 2.05) is 12.4 Å². The van der Waals surface area contributed by atoms with Crippen molar-refractivity contribution in [3.63, 3.8) is 0 Å². The molecule has 2 aromatic heterocycles. The second-order valence-electron chi connectivity index (χ2n) is 4.34. The molecule has 0 amide bonds. The molecule has 2 N–H and O–H groups in total. The Hall–Kier alpha value is -0.960. The van der Waals surface area contributed by atoms with Crippen molar-refractivity contribution in [2.75, 3.05) is 5.33 Å². The molecular weight excluding hydrogens is 276 g/mol. The minimum absolute atomic E-state index is 0.482. The molecule has 17 heavy (non-hydrogen) atoms. The smallest absolute Gasteiger partial charge is 0.0391 e. The lowest BCUT2D eigenvalue weighted by Gasteiger charge is -2.14. The lowest BCUT2D eigenvalue weighted by Crippen LogP contribution is -2.02. The van der Waals surface area contributed by atoms with Crippen molar-refractivity contribution in [1.29, 1.82) is 0 Å². The third kappa shape index (κ3) is 3.50. The van der Waals surface area contributed by atoms with Crippen molar-refractivity contribution in [3.8, 4) is 0 Å². The number of hydrogen-bond donors (Lipinski definition) is 2. The summed E-state index contributed by atoms with van der Waals surface area (Å²) in [4.78, 5) is 6.67. The average Bonchev–Trinajstić information content (AvgIpc) is 3.02. The Morgan fingerprint density at radius 1 is 0.941 bits per heavy atom. The van der Waals surface area contributed by atoms with Gasteiger partial charge in [-0.25, -0.2) is 0 Å². The Bertz CT molecular complexity index is 358. The highest BCUT2D eigenvalue weighted by atomic mass is 79.9. The van der Waals surface area contributed by atoms with E-state index >= 15 is 0 Å². The van der Waals surface area contributed by atoms with E-state index in [4.69, 9.17) is 0 Å². The van der Waals surface area contributed by atoms with Crippen LogP contribution in [0.25, 0.3) is 0 Å². The van der Waals surface area contributed by atoms with Crippen LogP contribution in [0.5, 0.6) is 0 Å². The largest absolute Gasteiger partial charge is 0.364 e. The van der Waals surface area contributed by atoms with Crippen LogP contribution >= 0.6 is 15.9 Å². The molecular formula is C14H19BrN2. The van der Waals surface area contributed by atoms with E-state index in [0.717, 1.165) is 5.33 Å². The maximum Gasteiger partial charge on any atom is 0.0391 e. The van der Waals surface area contributed by atoms with Crippen LogP contribution in [0, 0.1) is 0 Å². The SMILES string of the molecule is BrCCCCCC(c1ccc[nH]1)c1ccc[nH]1. The van der Waals surface area contributed by atoms with Crippen LogP contribution in [0.3, 0.4) is 0 Å². The zero-order valence-corrected chi connectivity index (χ0v) is 11.5. The van der Waals surface area contributed by atoms with Gasteiger partial charge in [0.15, 0.2) is 0 Å². The Labute approximate surface area is 111 Å². The van der Waals surface area contributed by atoms with E-state index in [2.05, 4.69) is 50.2 Å². The summed E-state index contributed by atoms with van der Waals surface area (Å²) in [5.74, 6) is 0.482. The predicted octanol–water partition coefficient (Wildman–Crippen LogP) is 4.43. The first kappa shape index (κ1) is 12.5. The van der Waals surface area contributed by atoms with Gasteiger partial charge in [0.2, 0.25) is 0 Å². The normalized spacial score (nSPS) is 11.2. The van der Waals surface area contributed by atoms with Crippen LogP contribution in [0.15, 0.2) is 36.7 Å². The molecule has 0 unspecified atom stereocenters. The van der Waals surface area contributed by atoms with E-state index in [1.165, 1.54) is 37.1 Å². The summed E-state index contributed by atoms with van der Waals surface area (Å²) in [6.45, 7) is 0. The van der Waals surface area contributed by atoms with Gasteiger partial charge in [-0.05, 0) is 37.1 Å². The zero-order valence-electron chi connectivity index (χ0n) is 9.95. The topological polar surface area (TPSA) is 31.6 Å². The maximum atomic E-state index is 3.48. The number of nitrogens with one attached hydrogen (secondary N) is 2. The molecule has 2 heterocycles. The fourth-order valence-electron chi connectivity index (χ4n) is 2.22. The van der Waals surface area contributed by atoms with Crippen molar-refractivity contribution in [2.24, 2.45) is 0 Å². The highest BCUT2D eigenvalue weighted by molar-refractivity contribution is 9.09. The molecule has 0 aromatic carbocycles. The Kier molecular flexibility index (Phi) is 4.92. The van der Waals surface area contributed by atoms with Gasteiger partial charge in [-0.3, -0.25) is 0 Å². The maximum absolute atomic E-state index is 3.48. The number of halogens is 1. The van der Waals surface area contributed by atoms with E-state index in [9.17, 15) is 0 Å². The number of H-pyrrole nitrogens is 2. The molecule has 2 rings (SSSR count). The Morgan fingerprint density at radius 2 is 1.59 bits per heavy atom. The number of unbranched alkanes of at least 4 members (excludes halogenated alkanes) is 2. The van der Waals surface area contributed by atoms with Crippen LogP contribution in [0.4, 0.5) is 0 Å². The average molecular weight is 295 g/mol. The van der Waals surface area contributed by atoms with E-state index in [1.54, 1.807) is 0 Å². The second-order valence-corrected chi connectivity index (χ2v) is 5.13. The first-order chi connectivity index (χ1) is 8.42. The zero-order chi connectivity index (χ0) is 11.9. The highest BCUT2D eigenvalue weighted by Gasteiger charge is 2.15. The van der Waals surface area contributed by atoms with Crippen molar-refractivity contribution < 1.29 is 0 Å². The quantitative estimate of drug-likeness (QED) is 0.559. The van der Waals surface area contributed by atoms with E-state index in [-0.39, 0.29) is 0 Å². The van der Waals surface area contributed by atoms with Gasteiger partial charge in [0, 0.05) is 35.0 Å². The van der Waals surface area contributed by atoms with Crippen LogP contribution in [0.2, 0.25) is 0 Å². The van der Waals surface area contributed by atoms with Gasteiger partial charge in [-0.2, -0.15) is 0 Å². The molecule has 0 fully saturated rings. The summed E-state index contributed by atoms with van der Waals surface area (Å²) in [6.07, 6.45) is 9.04. The summed E-state index contributed by atoms with van der Waals surface area (Å²) in [7, 11) is 0. The fraction of sp³-hybridized carbons (Fsp3) is 0.429. The lowest BCUT2D eigenvalue weighted by molar-refractivity contribution is 0.606. The van der Waals surface area contributed by atoms with Gasteiger partial charge in [-0.15, -0.1) is 0 Å². The third-order valence-electron chi connectivity index (χ3n) is 3.12. The number of rotatable bonds is 7. The fourth-order valence-corrected chi connectivity index (χ4v) is 2.62. The van der Waals surface area contributed by atoms with Gasteiger partial charge in [0.1, 0.15) is 0 Å². The molecule has 0 radical (unpaired) electrons. The van der Waals surface area contributed by atoms with Crippen LogP contribution < -0.4 is 0 Å². The molecule has 0 aliphatic rings. The van der Waals surface area contributed by atoms with Crippen LogP contribution in [-0.4, -0.2) is 15.3 Å². The summed E-state index contributed by atoms with van der Waals surface area (Å²) in [5.41, 5.74) is 2.62.